The van der Waals surface area contributed by atoms with Crippen LogP contribution < -0.4 is 5.73 Å². The number of fused-ring (bicyclic) bond motifs is 1. The van der Waals surface area contributed by atoms with Crippen molar-refractivity contribution >= 4 is 5.69 Å². The van der Waals surface area contributed by atoms with Crippen LogP contribution in [0.25, 0.3) is 0 Å². The van der Waals surface area contributed by atoms with Crippen LogP contribution in [-0.2, 0) is 17.7 Å². The predicted molar refractivity (Wildman–Crippen MR) is 81.7 cm³/mol. The van der Waals surface area contributed by atoms with Crippen molar-refractivity contribution in [2.75, 3.05) is 51.7 Å². The highest BCUT2D eigenvalue weighted by Gasteiger charge is 2.16. The Balaban J connectivity index is 1.44. The van der Waals surface area contributed by atoms with Gasteiger partial charge in [0.25, 0.3) is 0 Å². The van der Waals surface area contributed by atoms with Gasteiger partial charge in [-0.3, -0.25) is 9.80 Å². The molecule has 0 unspecified atom stereocenters. The maximum absolute atomic E-state index is 5.85. The molecule has 2 N–H and O–H groups in total. The van der Waals surface area contributed by atoms with E-state index in [4.69, 9.17) is 10.5 Å². The first-order valence-corrected chi connectivity index (χ1v) is 7.71. The molecular formula is C16H25N3O. The smallest absolute Gasteiger partial charge is 0.0594 e. The summed E-state index contributed by atoms with van der Waals surface area (Å²) in [6, 6.07) is 6.36. The van der Waals surface area contributed by atoms with Gasteiger partial charge in [0.15, 0.2) is 0 Å². The fraction of sp³-hybridized carbons (Fsp3) is 0.625. The Labute approximate surface area is 121 Å². The van der Waals surface area contributed by atoms with Gasteiger partial charge in [-0.05, 0) is 49.2 Å². The highest BCUT2D eigenvalue weighted by atomic mass is 16.5. The van der Waals surface area contributed by atoms with Crippen molar-refractivity contribution in [1.82, 2.24) is 9.80 Å². The van der Waals surface area contributed by atoms with E-state index in [9.17, 15) is 0 Å². The Hall–Kier alpha value is -1.10. The largest absolute Gasteiger partial charge is 0.399 e. The standard InChI is InChI=1S/C16H25N3O/c17-16-3-2-15-13-19(7-4-14(15)12-16)6-1-5-18-8-10-20-11-9-18/h2-3,12H,1,4-11,13,17H2. The van der Waals surface area contributed by atoms with E-state index in [0.29, 0.717) is 0 Å². The topological polar surface area (TPSA) is 41.7 Å². The third kappa shape index (κ3) is 3.51. The molecule has 2 heterocycles. The average Bonchev–Trinajstić information content (AvgIpc) is 2.48. The molecule has 1 fully saturated rings. The average molecular weight is 275 g/mol. The van der Waals surface area contributed by atoms with Crippen molar-refractivity contribution in [3.05, 3.63) is 29.3 Å². The number of morpholine rings is 1. The number of anilines is 1. The van der Waals surface area contributed by atoms with Crippen molar-refractivity contribution < 1.29 is 4.74 Å². The second-order valence-electron chi connectivity index (χ2n) is 5.86. The second-order valence-corrected chi connectivity index (χ2v) is 5.86. The molecule has 0 aromatic heterocycles. The molecule has 20 heavy (non-hydrogen) atoms. The van der Waals surface area contributed by atoms with Gasteiger partial charge in [0, 0.05) is 31.9 Å². The van der Waals surface area contributed by atoms with Crippen molar-refractivity contribution in [2.24, 2.45) is 0 Å². The molecule has 1 aromatic rings. The zero-order chi connectivity index (χ0) is 13.8. The maximum atomic E-state index is 5.85. The van der Waals surface area contributed by atoms with E-state index >= 15 is 0 Å². The molecule has 0 atom stereocenters. The molecule has 4 heteroatoms. The third-order valence-corrected chi connectivity index (χ3v) is 4.37. The lowest BCUT2D eigenvalue weighted by Gasteiger charge is -2.31. The van der Waals surface area contributed by atoms with Gasteiger partial charge in [-0.15, -0.1) is 0 Å². The molecule has 0 bridgehead atoms. The minimum Gasteiger partial charge on any atom is -0.399 e. The van der Waals surface area contributed by atoms with Crippen LogP contribution in [0.1, 0.15) is 17.5 Å². The molecule has 2 aliphatic heterocycles. The molecule has 2 aliphatic rings. The van der Waals surface area contributed by atoms with E-state index in [2.05, 4.69) is 21.9 Å². The summed E-state index contributed by atoms with van der Waals surface area (Å²) in [5, 5.41) is 0. The zero-order valence-corrected chi connectivity index (χ0v) is 12.2. The molecule has 0 amide bonds. The van der Waals surface area contributed by atoms with E-state index in [1.807, 2.05) is 6.07 Å². The minimum absolute atomic E-state index is 0.893. The molecule has 4 nitrogen and oxygen atoms in total. The number of hydrogen-bond donors (Lipinski definition) is 1. The number of benzene rings is 1. The molecule has 3 rings (SSSR count). The van der Waals surface area contributed by atoms with Crippen molar-refractivity contribution in [3.8, 4) is 0 Å². The van der Waals surface area contributed by atoms with Gasteiger partial charge in [0.1, 0.15) is 0 Å². The SMILES string of the molecule is Nc1ccc2c(c1)CCN(CCCN1CCOCC1)C2. The number of rotatable bonds is 4. The van der Waals surface area contributed by atoms with Gasteiger partial charge >= 0.3 is 0 Å². The van der Waals surface area contributed by atoms with Gasteiger partial charge in [-0.1, -0.05) is 6.07 Å². The Morgan fingerprint density at radius 3 is 2.65 bits per heavy atom. The number of hydrogen-bond acceptors (Lipinski definition) is 4. The van der Waals surface area contributed by atoms with Gasteiger partial charge in [-0.25, -0.2) is 0 Å². The summed E-state index contributed by atoms with van der Waals surface area (Å²) in [6.07, 6.45) is 2.39. The summed E-state index contributed by atoms with van der Waals surface area (Å²) in [4.78, 5) is 5.08. The van der Waals surface area contributed by atoms with Crippen LogP contribution in [0.5, 0.6) is 0 Å². The fourth-order valence-electron chi connectivity index (χ4n) is 3.16. The molecule has 110 valence electrons. The molecular weight excluding hydrogens is 250 g/mol. The summed E-state index contributed by atoms with van der Waals surface area (Å²) < 4.78 is 5.38. The van der Waals surface area contributed by atoms with E-state index in [1.165, 1.54) is 37.2 Å². The lowest BCUT2D eigenvalue weighted by molar-refractivity contribution is 0.0359. The van der Waals surface area contributed by atoms with Crippen LogP contribution in [0.15, 0.2) is 18.2 Å². The van der Waals surface area contributed by atoms with Gasteiger partial charge in [0.05, 0.1) is 13.2 Å². The molecule has 1 aromatic carbocycles. The first kappa shape index (κ1) is 13.9. The van der Waals surface area contributed by atoms with E-state index in [-0.39, 0.29) is 0 Å². The summed E-state index contributed by atoms with van der Waals surface area (Å²) in [5.74, 6) is 0. The number of ether oxygens (including phenoxy) is 1. The summed E-state index contributed by atoms with van der Waals surface area (Å²) >= 11 is 0. The molecule has 0 aliphatic carbocycles. The van der Waals surface area contributed by atoms with Crippen molar-refractivity contribution in [2.45, 2.75) is 19.4 Å². The second kappa shape index (κ2) is 6.57. The molecule has 0 spiro atoms. The van der Waals surface area contributed by atoms with E-state index in [1.54, 1.807) is 0 Å². The maximum Gasteiger partial charge on any atom is 0.0594 e. The summed E-state index contributed by atoms with van der Waals surface area (Å²) in [7, 11) is 0. The predicted octanol–water partition coefficient (Wildman–Crippen LogP) is 1.35. The lowest BCUT2D eigenvalue weighted by Crippen LogP contribution is -2.38. The van der Waals surface area contributed by atoms with Crippen LogP contribution in [0.4, 0.5) is 5.69 Å². The molecule has 0 radical (unpaired) electrons. The quantitative estimate of drug-likeness (QED) is 0.842. The summed E-state index contributed by atoms with van der Waals surface area (Å²) in [5.41, 5.74) is 9.64. The fourth-order valence-corrected chi connectivity index (χ4v) is 3.16. The van der Waals surface area contributed by atoms with Gasteiger partial charge in [-0.2, -0.15) is 0 Å². The zero-order valence-electron chi connectivity index (χ0n) is 12.2. The molecule has 1 saturated heterocycles. The first-order chi connectivity index (χ1) is 9.81. The summed E-state index contributed by atoms with van der Waals surface area (Å²) in [6.45, 7) is 8.65. The van der Waals surface area contributed by atoms with Crippen LogP contribution >= 0.6 is 0 Å². The highest BCUT2D eigenvalue weighted by Crippen LogP contribution is 2.21. The van der Waals surface area contributed by atoms with Crippen LogP contribution in [0, 0.1) is 0 Å². The number of nitrogens with zero attached hydrogens (tertiary/aromatic N) is 2. The van der Waals surface area contributed by atoms with Gasteiger partial charge < -0.3 is 10.5 Å². The monoisotopic (exact) mass is 275 g/mol. The van der Waals surface area contributed by atoms with E-state index < -0.39 is 0 Å². The Bertz CT molecular complexity index is 443. The van der Waals surface area contributed by atoms with Crippen molar-refractivity contribution in [1.29, 1.82) is 0 Å². The van der Waals surface area contributed by atoms with Crippen LogP contribution in [0.2, 0.25) is 0 Å². The lowest BCUT2D eigenvalue weighted by atomic mass is 9.99. The Morgan fingerprint density at radius 1 is 1.00 bits per heavy atom. The number of nitrogens with two attached hydrogens (primary N) is 1. The van der Waals surface area contributed by atoms with Gasteiger partial charge in [0.2, 0.25) is 0 Å². The molecule has 0 saturated carbocycles. The normalized spacial score (nSPS) is 20.8. The van der Waals surface area contributed by atoms with E-state index in [0.717, 1.165) is 45.0 Å². The van der Waals surface area contributed by atoms with Crippen LogP contribution in [0.3, 0.4) is 0 Å². The Morgan fingerprint density at radius 2 is 1.80 bits per heavy atom. The van der Waals surface area contributed by atoms with Crippen LogP contribution in [-0.4, -0.2) is 55.7 Å². The first-order valence-electron chi connectivity index (χ1n) is 7.71. The Kier molecular flexibility index (Phi) is 4.55. The van der Waals surface area contributed by atoms with Crippen molar-refractivity contribution in [3.63, 3.8) is 0 Å². The minimum atomic E-state index is 0.893. The number of nitrogen functional groups attached to an aromatic ring is 1. The third-order valence-electron chi connectivity index (χ3n) is 4.37. The highest BCUT2D eigenvalue weighted by molar-refractivity contribution is 5.45.